The molecule has 0 radical (unpaired) electrons. The third-order valence-electron chi connectivity index (χ3n) is 2.34. The van der Waals surface area contributed by atoms with E-state index in [2.05, 4.69) is 32.0 Å². The molecule has 0 unspecified atom stereocenters. The molecule has 0 aliphatic carbocycles. The molecule has 90 valence electrons. The van der Waals surface area contributed by atoms with Crippen molar-refractivity contribution in [3.8, 4) is 17.3 Å². The van der Waals surface area contributed by atoms with E-state index < -0.39 is 0 Å². The number of thioether (sulfide) groups is 1. The third-order valence-corrected chi connectivity index (χ3v) is 3.58. The molecular weight excluding hydrogens is 312 g/mol. The van der Waals surface area contributed by atoms with E-state index in [-0.39, 0.29) is 5.82 Å². The number of rotatable bonds is 2. The van der Waals surface area contributed by atoms with Gasteiger partial charge < -0.3 is 5.73 Å². The highest BCUT2D eigenvalue weighted by atomic mass is 79.9. The Morgan fingerprint density at radius 3 is 2.67 bits per heavy atom. The Morgan fingerprint density at radius 1 is 1.33 bits per heavy atom. The van der Waals surface area contributed by atoms with Crippen LogP contribution in [0.4, 0.5) is 5.82 Å². The molecule has 4 nitrogen and oxygen atoms in total. The molecule has 1 heterocycles. The van der Waals surface area contributed by atoms with Gasteiger partial charge in [-0.2, -0.15) is 5.26 Å². The van der Waals surface area contributed by atoms with Gasteiger partial charge in [0.05, 0.1) is 5.69 Å². The van der Waals surface area contributed by atoms with Crippen LogP contribution < -0.4 is 5.73 Å². The minimum atomic E-state index is 0.211. The van der Waals surface area contributed by atoms with Gasteiger partial charge in [-0.15, -0.1) is 0 Å². The van der Waals surface area contributed by atoms with Crippen molar-refractivity contribution in [3.63, 3.8) is 0 Å². The lowest BCUT2D eigenvalue weighted by molar-refractivity contribution is 0.978. The molecule has 0 bridgehead atoms. The van der Waals surface area contributed by atoms with E-state index in [0.29, 0.717) is 16.4 Å². The van der Waals surface area contributed by atoms with Gasteiger partial charge in [-0.1, -0.05) is 45.9 Å². The molecule has 0 fully saturated rings. The van der Waals surface area contributed by atoms with Gasteiger partial charge in [-0.25, -0.2) is 9.97 Å². The van der Waals surface area contributed by atoms with Crippen LogP contribution in [0, 0.1) is 11.3 Å². The molecule has 2 rings (SSSR count). The lowest BCUT2D eigenvalue weighted by Gasteiger charge is -2.08. The second-order valence-electron chi connectivity index (χ2n) is 3.41. The van der Waals surface area contributed by atoms with Crippen LogP contribution in [0.25, 0.3) is 11.3 Å². The number of benzene rings is 1. The Morgan fingerprint density at radius 2 is 2.06 bits per heavy atom. The second-order valence-corrected chi connectivity index (χ2v) is 5.04. The molecule has 0 atom stereocenters. The molecule has 0 spiro atoms. The minimum absolute atomic E-state index is 0.211. The zero-order valence-electron chi connectivity index (χ0n) is 9.51. The van der Waals surface area contributed by atoms with Crippen LogP contribution in [-0.2, 0) is 0 Å². The molecule has 18 heavy (non-hydrogen) atoms. The van der Waals surface area contributed by atoms with E-state index in [9.17, 15) is 5.26 Å². The van der Waals surface area contributed by atoms with Crippen molar-refractivity contribution in [1.82, 2.24) is 9.97 Å². The summed E-state index contributed by atoms with van der Waals surface area (Å²) in [5.41, 5.74) is 7.49. The summed E-state index contributed by atoms with van der Waals surface area (Å²) in [6, 6.07) is 9.63. The van der Waals surface area contributed by atoms with E-state index in [0.717, 1.165) is 10.0 Å². The second kappa shape index (κ2) is 5.38. The number of nitriles is 1. The molecule has 1 aromatic heterocycles. The van der Waals surface area contributed by atoms with Crippen molar-refractivity contribution in [3.05, 3.63) is 34.3 Å². The van der Waals surface area contributed by atoms with Crippen LogP contribution in [0.5, 0.6) is 0 Å². The summed E-state index contributed by atoms with van der Waals surface area (Å²) in [7, 11) is 0. The number of hydrogen-bond acceptors (Lipinski definition) is 5. The Bertz CT molecular complexity index is 636. The normalized spacial score (nSPS) is 10.1. The number of nitrogen functional groups attached to an aromatic ring is 1. The first kappa shape index (κ1) is 12.9. The maximum Gasteiger partial charge on any atom is 0.189 e. The van der Waals surface area contributed by atoms with Crippen molar-refractivity contribution in [2.75, 3.05) is 12.0 Å². The quantitative estimate of drug-likeness (QED) is 0.679. The van der Waals surface area contributed by atoms with Crippen molar-refractivity contribution in [1.29, 1.82) is 5.26 Å². The molecule has 0 aliphatic rings. The first-order valence-electron chi connectivity index (χ1n) is 5.04. The number of nitrogens with two attached hydrogens (primary N) is 1. The standard InChI is InChI=1S/C12H9BrN4S/c1-18-12-16-10(8(6-14)11(15)17-12)7-4-2-3-5-9(7)13/h2-5H,1H3,(H2,15,16,17). The number of halogens is 1. The van der Waals surface area contributed by atoms with Gasteiger partial charge in [-0.05, 0) is 12.3 Å². The smallest absolute Gasteiger partial charge is 0.189 e. The van der Waals surface area contributed by atoms with E-state index in [1.54, 1.807) is 0 Å². The Kier molecular flexibility index (Phi) is 3.84. The zero-order chi connectivity index (χ0) is 13.1. The molecule has 0 amide bonds. The summed E-state index contributed by atoms with van der Waals surface area (Å²) in [4.78, 5) is 8.44. The highest BCUT2D eigenvalue weighted by Crippen LogP contribution is 2.31. The predicted octanol–water partition coefficient (Wildman–Crippen LogP) is 3.08. The monoisotopic (exact) mass is 320 g/mol. The van der Waals surface area contributed by atoms with Gasteiger partial charge in [0.1, 0.15) is 17.5 Å². The summed E-state index contributed by atoms with van der Waals surface area (Å²) >= 11 is 4.84. The first-order chi connectivity index (χ1) is 8.67. The van der Waals surface area contributed by atoms with Crippen LogP contribution in [0.3, 0.4) is 0 Å². The van der Waals surface area contributed by atoms with Crippen LogP contribution in [0.2, 0.25) is 0 Å². The Balaban J connectivity index is 2.74. The van der Waals surface area contributed by atoms with Gasteiger partial charge in [0, 0.05) is 10.0 Å². The number of aromatic nitrogens is 2. The zero-order valence-corrected chi connectivity index (χ0v) is 11.9. The first-order valence-corrected chi connectivity index (χ1v) is 7.05. The number of nitrogens with zero attached hydrogens (tertiary/aromatic N) is 3. The van der Waals surface area contributed by atoms with E-state index >= 15 is 0 Å². The predicted molar refractivity (Wildman–Crippen MR) is 76.1 cm³/mol. The van der Waals surface area contributed by atoms with Crippen LogP contribution in [0.1, 0.15) is 5.56 Å². The molecule has 0 aliphatic heterocycles. The lowest BCUT2D eigenvalue weighted by atomic mass is 10.1. The summed E-state index contributed by atoms with van der Waals surface area (Å²) in [5, 5.41) is 9.74. The van der Waals surface area contributed by atoms with E-state index in [4.69, 9.17) is 5.73 Å². The Hall–Kier alpha value is -1.58. The van der Waals surface area contributed by atoms with Crippen molar-refractivity contribution in [2.45, 2.75) is 5.16 Å². The maximum atomic E-state index is 9.18. The summed E-state index contributed by atoms with van der Waals surface area (Å²) in [5.74, 6) is 0.211. The van der Waals surface area contributed by atoms with E-state index in [1.807, 2.05) is 30.5 Å². The van der Waals surface area contributed by atoms with Crippen LogP contribution in [0.15, 0.2) is 33.9 Å². The number of hydrogen-bond donors (Lipinski definition) is 1. The van der Waals surface area contributed by atoms with Gasteiger partial charge in [0.15, 0.2) is 5.16 Å². The molecule has 2 N–H and O–H groups in total. The molecular formula is C12H9BrN4S. The largest absolute Gasteiger partial charge is 0.382 e. The van der Waals surface area contributed by atoms with Gasteiger partial charge >= 0.3 is 0 Å². The van der Waals surface area contributed by atoms with Crippen molar-refractivity contribution < 1.29 is 0 Å². The van der Waals surface area contributed by atoms with Crippen molar-refractivity contribution in [2.24, 2.45) is 0 Å². The highest BCUT2D eigenvalue weighted by Gasteiger charge is 2.15. The summed E-state index contributed by atoms with van der Waals surface area (Å²) < 4.78 is 0.867. The summed E-state index contributed by atoms with van der Waals surface area (Å²) in [6.07, 6.45) is 1.87. The highest BCUT2D eigenvalue weighted by molar-refractivity contribution is 9.10. The average molecular weight is 321 g/mol. The molecule has 2 aromatic rings. The topological polar surface area (TPSA) is 75.6 Å². The van der Waals surface area contributed by atoms with Crippen LogP contribution >= 0.6 is 27.7 Å². The SMILES string of the molecule is CSc1nc(N)c(C#N)c(-c2ccccc2Br)n1. The maximum absolute atomic E-state index is 9.18. The molecule has 0 saturated carbocycles. The van der Waals surface area contributed by atoms with E-state index in [1.165, 1.54) is 11.8 Å². The van der Waals surface area contributed by atoms with Gasteiger partial charge in [0.25, 0.3) is 0 Å². The number of anilines is 1. The summed E-state index contributed by atoms with van der Waals surface area (Å²) in [6.45, 7) is 0. The fourth-order valence-electron chi connectivity index (χ4n) is 1.51. The fourth-order valence-corrected chi connectivity index (χ4v) is 2.35. The molecule has 6 heteroatoms. The van der Waals surface area contributed by atoms with Crippen molar-refractivity contribution >= 4 is 33.5 Å². The van der Waals surface area contributed by atoms with Gasteiger partial charge in [0.2, 0.25) is 0 Å². The van der Waals surface area contributed by atoms with Crippen LogP contribution in [-0.4, -0.2) is 16.2 Å². The molecule has 0 saturated heterocycles. The fraction of sp³-hybridized carbons (Fsp3) is 0.0833. The van der Waals surface area contributed by atoms with Gasteiger partial charge in [-0.3, -0.25) is 0 Å². The third kappa shape index (κ3) is 2.33. The lowest BCUT2D eigenvalue weighted by Crippen LogP contribution is -2.02. The Labute approximate surface area is 117 Å². The minimum Gasteiger partial charge on any atom is -0.382 e. The average Bonchev–Trinajstić information content (AvgIpc) is 2.38. The molecule has 1 aromatic carbocycles.